The minimum Gasteiger partial charge on any atom is -0.491 e. The predicted molar refractivity (Wildman–Crippen MR) is 126 cm³/mol. The maximum Gasteiger partial charge on any atom is 0.258 e. The molecule has 2 aromatic rings. The van der Waals surface area contributed by atoms with Crippen molar-refractivity contribution in [1.82, 2.24) is 20.0 Å². The number of para-hydroxylation sites is 1. The summed E-state index contributed by atoms with van der Waals surface area (Å²) >= 11 is 6.89. The molecule has 8 heteroatoms. The fraction of sp³-hybridized carbons (Fsp3) is 0.583. The maximum atomic E-state index is 13.5. The largest absolute Gasteiger partial charge is 0.491 e. The van der Waals surface area contributed by atoms with Gasteiger partial charge in [0.15, 0.2) is 0 Å². The molecule has 1 fully saturated rings. The number of ether oxygens (including phenoxy) is 1. The van der Waals surface area contributed by atoms with Crippen LogP contribution in [0.4, 0.5) is 5.82 Å². The number of hydrogen-bond donors (Lipinski definition) is 1. The first-order valence-electron chi connectivity index (χ1n) is 11.6. The molecule has 3 aliphatic heterocycles. The molecule has 1 saturated heterocycles. The minimum absolute atomic E-state index is 0.0153. The normalized spacial score (nSPS) is 29.2. The van der Waals surface area contributed by atoms with Crippen LogP contribution in [-0.2, 0) is 13.1 Å². The van der Waals surface area contributed by atoms with Crippen molar-refractivity contribution < 1.29 is 9.53 Å². The van der Waals surface area contributed by atoms with Gasteiger partial charge in [-0.25, -0.2) is 4.68 Å². The molecule has 4 heterocycles. The molecule has 5 rings (SSSR count). The lowest BCUT2D eigenvalue weighted by atomic mass is 9.91. The SMILES string of the molecule is CC1N(C)c2c3c(nn2C(C)C1(C)Cl)CN(C(=O)c1ccccc1OC[C@H]1CCCN1)C3. The van der Waals surface area contributed by atoms with Crippen LogP contribution in [0.5, 0.6) is 5.75 Å². The molecule has 3 aliphatic rings. The van der Waals surface area contributed by atoms with Gasteiger partial charge in [0.05, 0.1) is 35.3 Å². The van der Waals surface area contributed by atoms with Crippen LogP contribution in [-0.4, -0.2) is 57.7 Å². The van der Waals surface area contributed by atoms with Gasteiger partial charge in [0.1, 0.15) is 18.2 Å². The fourth-order valence-electron chi connectivity index (χ4n) is 5.19. The molecule has 1 N–H and O–H groups in total. The second kappa shape index (κ2) is 7.96. The van der Waals surface area contributed by atoms with Crippen molar-refractivity contribution in [2.45, 2.75) is 69.7 Å². The number of benzene rings is 1. The van der Waals surface area contributed by atoms with Crippen LogP contribution in [0.3, 0.4) is 0 Å². The molecule has 0 aliphatic carbocycles. The summed E-state index contributed by atoms with van der Waals surface area (Å²) in [6.07, 6.45) is 2.29. The van der Waals surface area contributed by atoms with E-state index in [1.165, 1.54) is 6.42 Å². The first-order chi connectivity index (χ1) is 15.3. The lowest BCUT2D eigenvalue weighted by molar-refractivity contribution is 0.0743. The van der Waals surface area contributed by atoms with E-state index in [0.29, 0.717) is 37.1 Å². The number of hydrogen-bond acceptors (Lipinski definition) is 5. The Kier molecular flexibility index (Phi) is 5.37. The molecule has 1 aromatic heterocycles. The topological polar surface area (TPSA) is 62.6 Å². The first kappa shape index (κ1) is 21.6. The number of aromatic nitrogens is 2. The van der Waals surface area contributed by atoms with E-state index in [9.17, 15) is 4.79 Å². The number of halogens is 1. The summed E-state index contributed by atoms with van der Waals surface area (Å²) in [5, 5.41) is 8.33. The second-order valence-electron chi connectivity index (χ2n) is 9.57. The van der Waals surface area contributed by atoms with E-state index >= 15 is 0 Å². The van der Waals surface area contributed by atoms with Crippen LogP contribution in [0.2, 0.25) is 0 Å². The van der Waals surface area contributed by atoms with Gasteiger partial charge in [-0.2, -0.15) is 5.10 Å². The van der Waals surface area contributed by atoms with Gasteiger partial charge in [-0.3, -0.25) is 4.79 Å². The first-order valence-corrected chi connectivity index (χ1v) is 11.9. The third-order valence-electron chi connectivity index (χ3n) is 7.68. The van der Waals surface area contributed by atoms with Crippen molar-refractivity contribution in [3.05, 3.63) is 41.1 Å². The summed E-state index contributed by atoms with van der Waals surface area (Å²) in [4.78, 5) is 17.1. The van der Waals surface area contributed by atoms with Gasteiger partial charge < -0.3 is 19.9 Å². The summed E-state index contributed by atoms with van der Waals surface area (Å²) < 4.78 is 8.11. The quantitative estimate of drug-likeness (QED) is 0.711. The average Bonchev–Trinajstić information content (AvgIpc) is 3.51. The molecule has 0 radical (unpaired) electrons. The van der Waals surface area contributed by atoms with E-state index in [4.69, 9.17) is 21.4 Å². The van der Waals surface area contributed by atoms with E-state index in [0.717, 1.165) is 30.0 Å². The highest BCUT2D eigenvalue weighted by Crippen LogP contribution is 2.46. The number of carbonyl (C=O) groups excluding carboxylic acids is 1. The number of nitrogens with zero attached hydrogens (tertiary/aromatic N) is 4. The predicted octanol–water partition coefficient (Wildman–Crippen LogP) is 3.57. The number of fused-ring (bicyclic) bond motifs is 3. The highest BCUT2D eigenvalue weighted by atomic mass is 35.5. The van der Waals surface area contributed by atoms with Crippen LogP contribution in [0.1, 0.15) is 61.3 Å². The molecule has 7 nitrogen and oxygen atoms in total. The van der Waals surface area contributed by atoms with Crippen molar-refractivity contribution >= 4 is 23.3 Å². The van der Waals surface area contributed by atoms with Crippen LogP contribution in [0.15, 0.2) is 24.3 Å². The molecular weight excluding hydrogens is 426 g/mol. The average molecular weight is 458 g/mol. The van der Waals surface area contributed by atoms with E-state index in [2.05, 4.69) is 38.0 Å². The smallest absolute Gasteiger partial charge is 0.258 e. The number of alkyl halides is 1. The minimum atomic E-state index is -0.415. The number of nitrogens with one attached hydrogen (secondary N) is 1. The highest BCUT2D eigenvalue weighted by molar-refractivity contribution is 6.25. The van der Waals surface area contributed by atoms with Crippen molar-refractivity contribution in [3.63, 3.8) is 0 Å². The Morgan fingerprint density at radius 3 is 2.81 bits per heavy atom. The van der Waals surface area contributed by atoms with Crippen LogP contribution >= 0.6 is 11.6 Å². The Morgan fingerprint density at radius 1 is 1.28 bits per heavy atom. The van der Waals surface area contributed by atoms with E-state index in [1.54, 1.807) is 0 Å². The molecule has 32 heavy (non-hydrogen) atoms. The van der Waals surface area contributed by atoms with Gasteiger partial charge in [0.25, 0.3) is 5.91 Å². The molecular formula is C24H32ClN5O2. The Morgan fingerprint density at radius 2 is 2.06 bits per heavy atom. The number of carbonyl (C=O) groups is 1. The summed E-state index contributed by atoms with van der Waals surface area (Å²) in [7, 11) is 2.07. The lowest BCUT2D eigenvalue weighted by Gasteiger charge is -2.46. The Labute approximate surface area is 194 Å². The van der Waals surface area contributed by atoms with Gasteiger partial charge in [-0.05, 0) is 52.3 Å². The fourth-order valence-corrected chi connectivity index (χ4v) is 5.43. The van der Waals surface area contributed by atoms with Crippen LogP contribution in [0.25, 0.3) is 0 Å². The van der Waals surface area contributed by atoms with Crippen LogP contribution < -0.4 is 15.0 Å². The van der Waals surface area contributed by atoms with Crippen molar-refractivity contribution in [3.8, 4) is 5.75 Å². The van der Waals surface area contributed by atoms with E-state index < -0.39 is 4.87 Å². The van der Waals surface area contributed by atoms with Gasteiger partial charge in [0.2, 0.25) is 0 Å². The third-order valence-corrected chi connectivity index (χ3v) is 8.31. The summed E-state index contributed by atoms with van der Waals surface area (Å²) in [5.74, 6) is 1.71. The molecule has 172 valence electrons. The number of amides is 1. The lowest BCUT2D eigenvalue weighted by Crippen LogP contribution is -2.54. The van der Waals surface area contributed by atoms with Crippen molar-refractivity contribution in [2.24, 2.45) is 0 Å². The molecule has 3 unspecified atom stereocenters. The zero-order valence-corrected chi connectivity index (χ0v) is 20.0. The Balaban J connectivity index is 1.36. The van der Waals surface area contributed by atoms with Gasteiger partial charge in [-0.1, -0.05) is 12.1 Å². The maximum absolute atomic E-state index is 13.5. The zero-order valence-electron chi connectivity index (χ0n) is 19.3. The summed E-state index contributed by atoms with van der Waals surface area (Å²) in [6, 6.07) is 8.13. The van der Waals surface area contributed by atoms with Gasteiger partial charge in [0, 0.05) is 24.7 Å². The summed E-state index contributed by atoms with van der Waals surface area (Å²) in [5.41, 5.74) is 2.70. The standard InChI is InChI=1S/C24H32ClN5O2/c1-15-24(3,25)16(2)30-22(28(15)4)19-12-29(13-20(19)27-30)23(31)18-9-5-6-10-21(18)32-14-17-8-7-11-26-17/h5-6,9-10,15-17,26H,7-8,11-14H2,1-4H3/t15?,16?,17-,24?/m1/s1. The monoisotopic (exact) mass is 457 g/mol. The highest BCUT2D eigenvalue weighted by Gasteiger charge is 2.47. The molecule has 0 bridgehead atoms. The summed E-state index contributed by atoms with van der Waals surface area (Å²) in [6.45, 7) is 9.01. The molecule has 4 atom stereocenters. The number of anilines is 1. The van der Waals surface area contributed by atoms with E-state index in [-0.39, 0.29) is 18.0 Å². The van der Waals surface area contributed by atoms with Crippen molar-refractivity contribution in [1.29, 1.82) is 0 Å². The van der Waals surface area contributed by atoms with E-state index in [1.807, 2.05) is 33.8 Å². The van der Waals surface area contributed by atoms with Crippen LogP contribution in [0, 0.1) is 0 Å². The Bertz CT molecular complexity index is 1030. The molecule has 0 spiro atoms. The third kappa shape index (κ3) is 3.37. The molecule has 1 amide bonds. The Hall–Kier alpha value is -2.25. The molecule has 0 saturated carbocycles. The molecule has 1 aromatic carbocycles. The number of rotatable bonds is 4. The van der Waals surface area contributed by atoms with Crippen molar-refractivity contribution in [2.75, 3.05) is 25.1 Å². The van der Waals surface area contributed by atoms with Gasteiger partial charge in [-0.15, -0.1) is 11.6 Å². The van der Waals surface area contributed by atoms with Gasteiger partial charge >= 0.3 is 0 Å². The second-order valence-corrected chi connectivity index (χ2v) is 10.4. The zero-order chi connectivity index (χ0) is 22.6.